The van der Waals surface area contributed by atoms with Crippen LogP contribution >= 0.6 is 23.2 Å². The molecule has 0 spiro atoms. The molecule has 3 aromatic rings. The molecule has 6 nitrogen and oxygen atoms in total. The van der Waals surface area contributed by atoms with Crippen LogP contribution in [0, 0.1) is 11.3 Å². The predicted octanol–water partition coefficient (Wildman–Crippen LogP) is 5.52. The zero-order chi connectivity index (χ0) is 23.2. The molecule has 0 aliphatic carbocycles. The SMILES string of the molecule is N#C/C(=C\c1cccc(OCc2ccc(Cl)c(Cl)c2)c1)C(=O)NCc1ccc2c(c1)OCO2. The number of hydrogen-bond acceptors (Lipinski definition) is 5. The van der Waals surface area contributed by atoms with Crippen molar-refractivity contribution in [2.75, 3.05) is 6.79 Å². The van der Waals surface area contributed by atoms with Crippen LogP contribution in [0.4, 0.5) is 0 Å². The molecule has 0 atom stereocenters. The summed E-state index contributed by atoms with van der Waals surface area (Å²) in [6, 6.07) is 19.8. The fourth-order valence-corrected chi connectivity index (χ4v) is 3.45. The first kappa shape index (κ1) is 22.5. The minimum atomic E-state index is -0.475. The second kappa shape index (κ2) is 10.3. The first-order valence-electron chi connectivity index (χ1n) is 9.97. The largest absolute Gasteiger partial charge is 0.489 e. The number of rotatable bonds is 7. The lowest BCUT2D eigenvalue weighted by Gasteiger charge is -2.08. The van der Waals surface area contributed by atoms with Crippen molar-refractivity contribution in [3.05, 3.63) is 93.0 Å². The smallest absolute Gasteiger partial charge is 0.262 e. The molecule has 1 aliphatic rings. The maximum Gasteiger partial charge on any atom is 0.262 e. The Kier molecular flexibility index (Phi) is 7.04. The zero-order valence-corrected chi connectivity index (χ0v) is 18.8. The van der Waals surface area contributed by atoms with Gasteiger partial charge in [-0.1, -0.05) is 47.5 Å². The summed E-state index contributed by atoms with van der Waals surface area (Å²) in [7, 11) is 0. The number of amides is 1. The van der Waals surface area contributed by atoms with E-state index in [4.69, 9.17) is 37.4 Å². The van der Waals surface area contributed by atoms with Crippen LogP contribution in [-0.4, -0.2) is 12.7 Å². The molecule has 33 heavy (non-hydrogen) atoms. The van der Waals surface area contributed by atoms with Gasteiger partial charge in [0.25, 0.3) is 5.91 Å². The van der Waals surface area contributed by atoms with Crippen LogP contribution in [0.15, 0.2) is 66.2 Å². The van der Waals surface area contributed by atoms with E-state index in [1.165, 1.54) is 6.08 Å². The molecule has 8 heteroatoms. The monoisotopic (exact) mass is 480 g/mol. The summed E-state index contributed by atoms with van der Waals surface area (Å²) in [5.41, 5.74) is 2.35. The van der Waals surface area contributed by atoms with Crippen molar-refractivity contribution >= 4 is 35.2 Å². The molecule has 0 saturated heterocycles. The van der Waals surface area contributed by atoms with Crippen LogP contribution in [-0.2, 0) is 17.9 Å². The van der Waals surface area contributed by atoms with Gasteiger partial charge in [0.05, 0.1) is 10.0 Å². The Morgan fingerprint density at radius 2 is 1.85 bits per heavy atom. The van der Waals surface area contributed by atoms with E-state index in [2.05, 4.69) is 5.32 Å². The Labute approximate surface area is 200 Å². The number of nitrogens with zero attached hydrogens (tertiary/aromatic N) is 1. The molecular weight excluding hydrogens is 463 g/mol. The van der Waals surface area contributed by atoms with Gasteiger partial charge in [0.1, 0.15) is 24.0 Å². The number of benzene rings is 3. The second-order valence-electron chi connectivity index (χ2n) is 7.15. The van der Waals surface area contributed by atoms with Crippen LogP contribution in [0.25, 0.3) is 6.08 Å². The highest BCUT2D eigenvalue weighted by molar-refractivity contribution is 6.42. The third kappa shape index (κ3) is 5.78. The lowest BCUT2D eigenvalue weighted by molar-refractivity contribution is -0.117. The second-order valence-corrected chi connectivity index (χ2v) is 7.96. The summed E-state index contributed by atoms with van der Waals surface area (Å²) in [6.07, 6.45) is 1.51. The van der Waals surface area contributed by atoms with E-state index in [1.807, 2.05) is 18.2 Å². The van der Waals surface area contributed by atoms with Crippen molar-refractivity contribution in [3.63, 3.8) is 0 Å². The van der Waals surface area contributed by atoms with E-state index >= 15 is 0 Å². The Morgan fingerprint density at radius 1 is 1.03 bits per heavy atom. The highest BCUT2D eigenvalue weighted by atomic mass is 35.5. The molecule has 1 N–H and O–H groups in total. The first-order chi connectivity index (χ1) is 16.0. The van der Waals surface area contributed by atoms with Gasteiger partial charge >= 0.3 is 0 Å². The molecule has 166 valence electrons. The quantitative estimate of drug-likeness (QED) is 0.355. The summed E-state index contributed by atoms with van der Waals surface area (Å²) in [6.45, 7) is 0.731. The predicted molar refractivity (Wildman–Crippen MR) is 125 cm³/mol. The van der Waals surface area contributed by atoms with E-state index in [0.29, 0.717) is 39.5 Å². The number of hydrogen-bond donors (Lipinski definition) is 1. The number of carbonyl (C=O) groups is 1. The van der Waals surface area contributed by atoms with Crippen LogP contribution in [0.1, 0.15) is 16.7 Å². The minimum Gasteiger partial charge on any atom is -0.489 e. The van der Waals surface area contributed by atoms with Crippen molar-refractivity contribution in [2.24, 2.45) is 0 Å². The van der Waals surface area contributed by atoms with Gasteiger partial charge in [-0.05, 0) is 59.2 Å². The van der Waals surface area contributed by atoms with Crippen molar-refractivity contribution in [1.29, 1.82) is 5.26 Å². The van der Waals surface area contributed by atoms with Gasteiger partial charge in [-0.2, -0.15) is 5.26 Å². The third-order valence-corrected chi connectivity index (χ3v) is 5.55. The Morgan fingerprint density at radius 3 is 2.67 bits per heavy atom. The molecule has 0 aromatic heterocycles. The number of carbonyl (C=O) groups excluding carboxylic acids is 1. The summed E-state index contributed by atoms with van der Waals surface area (Å²) < 4.78 is 16.4. The summed E-state index contributed by atoms with van der Waals surface area (Å²) in [5.74, 6) is 1.42. The Balaban J connectivity index is 1.39. The molecule has 1 amide bonds. The summed E-state index contributed by atoms with van der Waals surface area (Å²) in [4.78, 5) is 12.5. The average Bonchev–Trinajstić information content (AvgIpc) is 3.30. The van der Waals surface area contributed by atoms with Gasteiger partial charge in [-0.25, -0.2) is 0 Å². The standard InChI is InChI=1S/C25H18Cl2N2O4/c26-21-6-4-18(10-22(21)27)14-31-20-3-1-2-16(9-20)8-19(12-28)25(30)29-13-17-5-7-23-24(11-17)33-15-32-23/h1-11H,13-15H2,(H,29,30)/b19-8+. The highest BCUT2D eigenvalue weighted by Gasteiger charge is 2.14. The first-order valence-corrected chi connectivity index (χ1v) is 10.7. The maximum absolute atomic E-state index is 12.5. The minimum absolute atomic E-state index is 0.0163. The zero-order valence-electron chi connectivity index (χ0n) is 17.3. The van der Waals surface area contributed by atoms with E-state index in [-0.39, 0.29) is 18.9 Å². The Bertz CT molecular complexity index is 1270. The number of halogens is 2. The van der Waals surface area contributed by atoms with Crippen LogP contribution in [0.3, 0.4) is 0 Å². The van der Waals surface area contributed by atoms with Gasteiger partial charge in [0.2, 0.25) is 6.79 Å². The maximum atomic E-state index is 12.5. The lowest BCUT2D eigenvalue weighted by Crippen LogP contribution is -2.23. The summed E-state index contributed by atoms with van der Waals surface area (Å²) >= 11 is 12.0. The van der Waals surface area contributed by atoms with Crippen molar-refractivity contribution in [1.82, 2.24) is 5.32 Å². The van der Waals surface area contributed by atoms with Crippen LogP contribution in [0.5, 0.6) is 17.2 Å². The topological polar surface area (TPSA) is 80.6 Å². The van der Waals surface area contributed by atoms with Gasteiger partial charge in [0.15, 0.2) is 11.5 Å². The average molecular weight is 481 g/mol. The highest BCUT2D eigenvalue weighted by Crippen LogP contribution is 2.32. The van der Waals surface area contributed by atoms with Crippen molar-refractivity contribution in [3.8, 4) is 23.3 Å². The fraction of sp³-hybridized carbons (Fsp3) is 0.120. The van der Waals surface area contributed by atoms with Gasteiger partial charge in [-0.15, -0.1) is 0 Å². The molecular formula is C25H18Cl2N2O4. The van der Waals surface area contributed by atoms with E-state index in [9.17, 15) is 10.1 Å². The molecule has 4 rings (SSSR count). The van der Waals surface area contributed by atoms with Gasteiger partial charge in [0, 0.05) is 6.54 Å². The summed E-state index contributed by atoms with van der Waals surface area (Å²) in [5, 5.41) is 13.2. The fourth-order valence-electron chi connectivity index (χ4n) is 3.13. The van der Waals surface area contributed by atoms with Crippen molar-refractivity contribution < 1.29 is 19.0 Å². The molecule has 1 aliphatic heterocycles. The molecule has 0 fully saturated rings. The number of ether oxygens (including phenoxy) is 3. The lowest BCUT2D eigenvalue weighted by atomic mass is 10.1. The number of nitrogens with one attached hydrogen (secondary N) is 1. The van der Waals surface area contributed by atoms with E-state index < -0.39 is 5.91 Å². The number of nitriles is 1. The van der Waals surface area contributed by atoms with E-state index in [0.717, 1.165) is 11.1 Å². The molecule has 0 bridgehead atoms. The van der Waals surface area contributed by atoms with Crippen LogP contribution < -0.4 is 19.5 Å². The molecule has 0 radical (unpaired) electrons. The molecule has 3 aromatic carbocycles. The Hall–Kier alpha value is -3.66. The molecule has 0 saturated carbocycles. The molecule has 1 heterocycles. The molecule has 0 unspecified atom stereocenters. The third-order valence-electron chi connectivity index (χ3n) is 4.81. The van der Waals surface area contributed by atoms with Crippen LogP contribution in [0.2, 0.25) is 10.0 Å². The van der Waals surface area contributed by atoms with Gasteiger partial charge < -0.3 is 19.5 Å². The van der Waals surface area contributed by atoms with E-state index in [1.54, 1.807) is 48.5 Å². The van der Waals surface area contributed by atoms with Gasteiger partial charge in [-0.3, -0.25) is 4.79 Å². The van der Waals surface area contributed by atoms with Crippen molar-refractivity contribution in [2.45, 2.75) is 13.2 Å². The normalized spacial score (nSPS) is 12.2. The number of fused-ring (bicyclic) bond motifs is 1.